The van der Waals surface area contributed by atoms with Crippen LogP contribution >= 0.6 is 0 Å². The van der Waals surface area contributed by atoms with Gasteiger partial charge in [0.1, 0.15) is 5.69 Å². The van der Waals surface area contributed by atoms with E-state index in [-0.39, 0.29) is 20.1 Å². The van der Waals surface area contributed by atoms with Gasteiger partial charge in [-0.25, -0.2) is 0 Å². The first-order chi connectivity index (χ1) is 15.8. The van der Waals surface area contributed by atoms with Crippen LogP contribution in [0.15, 0.2) is 103 Å². The Morgan fingerprint density at radius 1 is 0.848 bits per heavy atom. The molecule has 5 rings (SSSR count). The second kappa shape index (κ2) is 9.79. The maximum absolute atomic E-state index is 7.50. The number of aromatic nitrogens is 2. The molecule has 0 fully saturated rings. The van der Waals surface area contributed by atoms with Gasteiger partial charge in [-0.05, 0) is 11.1 Å². The van der Waals surface area contributed by atoms with Gasteiger partial charge in [0.15, 0.2) is 0 Å². The van der Waals surface area contributed by atoms with E-state index >= 15 is 0 Å². The quantitative estimate of drug-likeness (QED) is 0.195. The van der Waals surface area contributed by atoms with Gasteiger partial charge in [0.05, 0.1) is 18.1 Å². The summed E-state index contributed by atoms with van der Waals surface area (Å²) in [7, 11) is 0. The summed E-state index contributed by atoms with van der Waals surface area (Å²) in [5.41, 5.74) is 7.88. The minimum atomic E-state index is 0. The molecule has 4 aromatic carbocycles. The summed E-state index contributed by atoms with van der Waals surface area (Å²) in [6.45, 7) is 9.43. The van der Waals surface area contributed by atoms with Crippen LogP contribution in [0.2, 0.25) is 0 Å². The van der Waals surface area contributed by atoms with Crippen LogP contribution in [0.4, 0.5) is 5.69 Å². The number of nitrogens with zero attached hydrogens (tertiary/aromatic N) is 3. The Labute approximate surface area is 207 Å². The first-order valence-electron chi connectivity index (χ1n) is 10.4. The molecule has 0 aliphatic heterocycles. The Morgan fingerprint density at radius 2 is 1.45 bits per heavy atom. The Bertz CT molecular complexity index is 1370. The van der Waals surface area contributed by atoms with Crippen LogP contribution in [0, 0.1) is 19.6 Å². The number of aryl methyl sites for hydroxylation is 1. The number of para-hydroxylation sites is 1. The van der Waals surface area contributed by atoms with E-state index in [1.807, 2.05) is 37.4 Å². The Kier molecular flexibility index (Phi) is 6.65. The van der Waals surface area contributed by atoms with Crippen molar-refractivity contribution in [3.05, 3.63) is 126 Å². The average Bonchev–Trinajstić information content (AvgIpc) is 3.34. The molecule has 1 radical (unpaired) electrons. The smallest absolute Gasteiger partial charge is 0.111 e. The molecule has 33 heavy (non-hydrogen) atoms. The van der Waals surface area contributed by atoms with E-state index in [0.717, 1.165) is 44.9 Å². The third kappa shape index (κ3) is 4.30. The van der Waals surface area contributed by atoms with E-state index in [9.17, 15) is 0 Å². The standard InChI is InChI=1S/C29H20N3.Ir/c1-21-16-17-24(20-27(21)30-2)29-31-18-19-32(29)28-25(22-10-5-3-6-11-22)14-9-15-26(28)23-12-7-4-8-13-23;/h3-16,18-20H,1H3;/q-1;. The van der Waals surface area contributed by atoms with Gasteiger partial charge in [-0.2, -0.15) is 6.07 Å². The maximum Gasteiger partial charge on any atom is 0.111 e. The molecule has 0 spiro atoms. The third-order valence-electron chi connectivity index (χ3n) is 5.58. The summed E-state index contributed by atoms with van der Waals surface area (Å²) in [6.07, 6.45) is 3.78. The Balaban J connectivity index is 0.00000259. The van der Waals surface area contributed by atoms with Crippen molar-refractivity contribution in [1.29, 1.82) is 0 Å². The molecule has 0 N–H and O–H groups in total. The zero-order valence-corrected chi connectivity index (χ0v) is 20.4. The van der Waals surface area contributed by atoms with Crippen LogP contribution in [-0.2, 0) is 20.1 Å². The molecule has 5 aromatic rings. The minimum Gasteiger partial charge on any atom is -0.339 e. The van der Waals surface area contributed by atoms with Crippen LogP contribution < -0.4 is 0 Å². The van der Waals surface area contributed by atoms with Gasteiger partial charge in [-0.3, -0.25) is 9.83 Å². The zero-order valence-electron chi connectivity index (χ0n) is 18.0. The van der Waals surface area contributed by atoms with Crippen LogP contribution in [0.3, 0.4) is 0 Å². The molecule has 0 atom stereocenters. The average molecular weight is 603 g/mol. The van der Waals surface area contributed by atoms with Crippen molar-refractivity contribution >= 4 is 5.69 Å². The summed E-state index contributed by atoms with van der Waals surface area (Å²) >= 11 is 0. The normalized spacial score (nSPS) is 10.3. The molecule has 0 amide bonds. The molecule has 4 heteroatoms. The summed E-state index contributed by atoms with van der Waals surface area (Å²) in [5, 5.41) is 0. The van der Waals surface area contributed by atoms with Crippen molar-refractivity contribution in [3.8, 4) is 39.3 Å². The number of benzene rings is 4. The number of hydrogen-bond donors (Lipinski definition) is 0. The summed E-state index contributed by atoms with van der Waals surface area (Å²) < 4.78 is 2.11. The fourth-order valence-electron chi connectivity index (χ4n) is 3.99. The molecular weight excluding hydrogens is 583 g/mol. The summed E-state index contributed by atoms with van der Waals surface area (Å²) in [4.78, 5) is 8.33. The van der Waals surface area contributed by atoms with E-state index in [1.165, 1.54) is 0 Å². The van der Waals surface area contributed by atoms with Crippen LogP contribution in [0.1, 0.15) is 5.56 Å². The van der Waals surface area contributed by atoms with Crippen molar-refractivity contribution < 1.29 is 20.1 Å². The van der Waals surface area contributed by atoms with E-state index < -0.39 is 0 Å². The van der Waals surface area contributed by atoms with E-state index in [4.69, 9.17) is 6.57 Å². The first kappa shape index (κ1) is 22.4. The first-order valence-corrected chi connectivity index (χ1v) is 10.4. The van der Waals surface area contributed by atoms with Crippen molar-refractivity contribution in [2.75, 3.05) is 0 Å². The van der Waals surface area contributed by atoms with E-state index in [1.54, 1.807) is 6.20 Å². The minimum absolute atomic E-state index is 0. The van der Waals surface area contributed by atoms with Crippen molar-refractivity contribution in [3.63, 3.8) is 0 Å². The van der Waals surface area contributed by atoms with Gasteiger partial charge in [-0.1, -0.05) is 85.8 Å². The molecule has 0 saturated heterocycles. The Morgan fingerprint density at radius 3 is 2.03 bits per heavy atom. The largest absolute Gasteiger partial charge is 0.339 e. The zero-order chi connectivity index (χ0) is 21.9. The van der Waals surface area contributed by atoms with E-state index in [2.05, 4.69) is 87.2 Å². The van der Waals surface area contributed by atoms with Gasteiger partial charge in [0.2, 0.25) is 0 Å². The number of rotatable bonds is 4. The van der Waals surface area contributed by atoms with Crippen LogP contribution in [0.5, 0.6) is 0 Å². The third-order valence-corrected chi connectivity index (χ3v) is 5.58. The Hall–Kier alpha value is -3.77. The molecule has 0 aliphatic rings. The van der Waals surface area contributed by atoms with Gasteiger partial charge in [-0.15, -0.1) is 23.3 Å². The van der Waals surface area contributed by atoms with Gasteiger partial charge in [0.25, 0.3) is 0 Å². The van der Waals surface area contributed by atoms with Gasteiger partial charge in [0, 0.05) is 43.6 Å². The molecule has 0 aliphatic carbocycles. The SMILES string of the molecule is [C-]#[N+]c1cc(-c2nccn2-c2c(-c3ccccc3)cccc2-c2ccccc2)[c-]cc1C.[Ir]. The topological polar surface area (TPSA) is 22.2 Å². The number of imidazole rings is 1. The van der Waals surface area contributed by atoms with Crippen molar-refractivity contribution in [2.24, 2.45) is 0 Å². The summed E-state index contributed by atoms with van der Waals surface area (Å²) in [5.74, 6) is 0.760. The van der Waals surface area contributed by atoms with Crippen molar-refractivity contribution in [1.82, 2.24) is 9.55 Å². The van der Waals surface area contributed by atoms with Crippen LogP contribution in [0.25, 0.3) is 44.2 Å². The molecule has 161 valence electrons. The molecule has 0 unspecified atom stereocenters. The number of hydrogen-bond acceptors (Lipinski definition) is 1. The molecule has 1 aromatic heterocycles. The molecule has 0 saturated carbocycles. The molecule has 0 bridgehead atoms. The fraction of sp³-hybridized carbons (Fsp3) is 0.0345. The fourth-order valence-corrected chi connectivity index (χ4v) is 3.99. The second-order valence-electron chi connectivity index (χ2n) is 7.58. The monoisotopic (exact) mass is 603 g/mol. The predicted octanol–water partition coefficient (Wildman–Crippen LogP) is 7.53. The predicted molar refractivity (Wildman–Crippen MR) is 130 cm³/mol. The molecular formula is C29H20IrN3-. The molecule has 1 heterocycles. The van der Waals surface area contributed by atoms with Gasteiger partial charge >= 0.3 is 0 Å². The summed E-state index contributed by atoms with van der Waals surface area (Å²) in [6, 6.07) is 34.2. The van der Waals surface area contributed by atoms with E-state index in [0.29, 0.717) is 5.69 Å². The van der Waals surface area contributed by atoms with Crippen molar-refractivity contribution in [2.45, 2.75) is 6.92 Å². The second-order valence-corrected chi connectivity index (χ2v) is 7.58. The van der Waals surface area contributed by atoms with Gasteiger partial charge < -0.3 is 4.57 Å². The molecule has 3 nitrogen and oxygen atoms in total. The van der Waals surface area contributed by atoms with Crippen LogP contribution in [-0.4, -0.2) is 9.55 Å². The maximum atomic E-state index is 7.50.